The van der Waals surface area contributed by atoms with Crippen LogP contribution in [-0.4, -0.2) is 4.57 Å². The molecule has 0 fully saturated rings. The minimum Gasteiger partial charge on any atom is -0.354 e. The minimum absolute atomic E-state index is 1.17. The molecule has 0 atom stereocenters. The lowest BCUT2D eigenvalue weighted by molar-refractivity contribution is 0.635. The van der Waals surface area contributed by atoms with E-state index in [1.807, 2.05) is 13.8 Å². The van der Waals surface area contributed by atoms with Crippen molar-refractivity contribution in [2.75, 3.05) is 0 Å². The van der Waals surface area contributed by atoms with E-state index in [2.05, 4.69) is 36.0 Å². The zero-order valence-electron chi connectivity index (χ0n) is 7.88. The van der Waals surface area contributed by atoms with Gasteiger partial charge in [-0.25, -0.2) is 0 Å². The standard InChI is InChI=1S/C8H13N.C2H6/c1-2-3-6-9-7-4-5-8-9;1-2/h4-5,7-8H,2-3,6H2,1H3;1-2H3. The van der Waals surface area contributed by atoms with Crippen LogP contribution in [0.25, 0.3) is 0 Å². The predicted molar refractivity (Wildman–Crippen MR) is 50.7 cm³/mol. The maximum atomic E-state index is 2.21. The highest BCUT2D eigenvalue weighted by Gasteiger charge is 1.84. The van der Waals surface area contributed by atoms with Crippen LogP contribution in [0.4, 0.5) is 0 Å². The van der Waals surface area contributed by atoms with Crippen LogP contribution in [0.2, 0.25) is 0 Å². The Kier molecular flexibility index (Phi) is 6.90. The first-order valence-corrected chi connectivity index (χ1v) is 4.54. The van der Waals surface area contributed by atoms with E-state index in [0.717, 1.165) is 0 Å². The van der Waals surface area contributed by atoms with E-state index in [9.17, 15) is 0 Å². The lowest BCUT2D eigenvalue weighted by atomic mass is 10.3. The molecule has 0 aliphatic heterocycles. The Balaban J connectivity index is 0.000000461. The number of aryl methyl sites for hydroxylation is 1. The molecule has 0 bridgehead atoms. The molecule has 0 unspecified atom stereocenters. The maximum Gasteiger partial charge on any atom is 0.0219 e. The highest BCUT2D eigenvalue weighted by Crippen LogP contribution is 1.94. The Hall–Kier alpha value is -0.720. The molecule has 1 aromatic rings. The zero-order chi connectivity index (χ0) is 8.53. The van der Waals surface area contributed by atoms with Crippen molar-refractivity contribution in [1.82, 2.24) is 4.57 Å². The summed E-state index contributed by atoms with van der Waals surface area (Å²) in [6, 6.07) is 4.13. The highest BCUT2D eigenvalue weighted by atomic mass is 14.9. The summed E-state index contributed by atoms with van der Waals surface area (Å²) in [5.41, 5.74) is 0. The van der Waals surface area contributed by atoms with Crippen molar-refractivity contribution in [3.05, 3.63) is 24.5 Å². The molecule has 0 aliphatic rings. The average molecular weight is 153 g/mol. The van der Waals surface area contributed by atoms with E-state index in [4.69, 9.17) is 0 Å². The van der Waals surface area contributed by atoms with Gasteiger partial charge in [-0.3, -0.25) is 0 Å². The average Bonchev–Trinajstić information content (AvgIpc) is 2.57. The third-order valence-electron chi connectivity index (χ3n) is 1.44. The molecule has 1 heteroatoms. The van der Waals surface area contributed by atoms with Crippen molar-refractivity contribution < 1.29 is 0 Å². The van der Waals surface area contributed by atoms with E-state index in [1.165, 1.54) is 19.4 Å². The Morgan fingerprint density at radius 2 is 1.64 bits per heavy atom. The molecular formula is C10H19N. The summed E-state index contributed by atoms with van der Waals surface area (Å²) in [6.07, 6.45) is 6.78. The first kappa shape index (κ1) is 10.3. The van der Waals surface area contributed by atoms with Gasteiger partial charge < -0.3 is 4.57 Å². The molecule has 0 aromatic carbocycles. The fourth-order valence-electron chi connectivity index (χ4n) is 0.860. The van der Waals surface area contributed by atoms with Crippen molar-refractivity contribution in [3.63, 3.8) is 0 Å². The van der Waals surface area contributed by atoms with Crippen LogP contribution in [0.1, 0.15) is 33.6 Å². The summed E-state index contributed by atoms with van der Waals surface area (Å²) in [5, 5.41) is 0. The Morgan fingerprint density at radius 1 is 1.09 bits per heavy atom. The molecule has 1 nitrogen and oxygen atoms in total. The van der Waals surface area contributed by atoms with Crippen LogP contribution >= 0.6 is 0 Å². The van der Waals surface area contributed by atoms with Gasteiger partial charge >= 0.3 is 0 Å². The monoisotopic (exact) mass is 153 g/mol. The lowest BCUT2D eigenvalue weighted by Crippen LogP contribution is -1.91. The largest absolute Gasteiger partial charge is 0.354 e. The number of unbranched alkanes of at least 4 members (excludes halogenated alkanes) is 1. The smallest absolute Gasteiger partial charge is 0.0219 e. The van der Waals surface area contributed by atoms with Crippen molar-refractivity contribution in [3.8, 4) is 0 Å². The molecule has 0 N–H and O–H groups in total. The second-order valence-corrected chi connectivity index (χ2v) is 2.27. The highest BCUT2D eigenvalue weighted by molar-refractivity contribution is 4.89. The molecule has 0 spiro atoms. The molecule has 0 saturated carbocycles. The number of nitrogens with zero attached hydrogens (tertiary/aromatic N) is 1. The molecule has 0 amide bonds. The zero-order valence-corrected chi connectivity index (χ0v) is 7.88. The molecule has 0 saturated heterocycles. The maximum absolute atomic E-state index is 2.21. The van der Waals surface area contributed by atoms with Crippen LogP contribution in [0.5, 0.6) is 0 Å². The SMILES string of the molecule is CC.CCCCn1cccc1. The van der Waals surface area contributed by atoms with Gasteiger partial charge in [-0.1, -0.05) is 27.2 Å². The Labute approximate surface area is 70.0 Å². The van der Waals surface area contributed by atoms with Crippen molar-refractivity contribution in [1.29, 1.82) is 0 Å². The summed E-state index contributed by atoms with van der Waals surface area (Å²) >= 11 is 0. The quantitative estimate of drug-likeness (QED) is 0.627. The third-order valence-corrected chi connectivity index (χ3v) is 1.44. The van der Waals surface area contributed by atoms with E-state index >= 15 is 0 Å². The van der Waals surface area contributed by atoms with Crippen LogP contribution in [0.3, 0.4) is 0 Å². The first-order valence-electron chi connectivity index (χ1n) is 4.54. The number of hydrogen-bond donors (Lipinski definition) is 0. The molecule has 1 aromatic heterocycles. The fourth-order valence-corrected chi connectivity index (χ4v) is 0.860. The molecule has 11 heavy (non-hydrogen) atoms. The Morgan fingerprint density at radius 3 is 2.09 bits per heavy atom. The lowest BCUT2D eigenvalue weighted by Gasteiger charge is -1.97. The van der Waals surface area contributed by atoms with Crippen molar-refractivity contribution in [2.24, 2.45) is 0 Å². The molecule has 0 aliphatic carbocycles. The number of aromatic nitrogens is 1. The van der Waals surface area contributed by atoms with Gasteiger partial charge in [-0.15, -0.1) is 0 Å². The van der Waals surface area contributed by atoms with Gasteiger partial charge in [-0.2, -0.15) is 0 Å². The molecule has 1 heterocycles. The van der Waals surface area contributed by atoms with Crippen LogP contribution < -0.4 is 0 Å². The summed E-state index contributed by atoms with van der Waals surface area (Å²) in [7, 11) is 0. The number of rotatable bonds is 3. The third kappa shape index (κ3) is 4.65. The van der Waals surface area contributed by atoms with E-state index in [0.29, 0.717) is 0 Å². The summed E-state index contributed by atoms with van der Waals surface area (Å²) in [6.45, 7) is 7.38. The summed E-state index contributed by atoms with van der Waals surface area (Å²) in [4.78, 5) is 0. The van der Waals surface area contributed by atoms with Crippen LogP contribution in [-0.2, 0) is 6.54 Å². The van der Waals surface area contributed by atoms with Crippen molar-refractivity contribution >= 4 is 0 Å². The van der Waals surface area contributed by atoms with Gasteiger partial charge in [0.15, 0.2) is 0 Å². The normalized spacial score (nSPS) is 8.64. The second-order valence-electron chi connectivity index (χ2n) is 2.27. The van der Waals surface area contributed by atoms with Crippen LogP contribution in [0, 0.1) is 0 Å². The van der Waals surface area contributed by atoms with Gasteiger partial charge in [0, 0.05) is 18.9 Å². The van der Waals surface area contributed by atoms with Gasteiger partial charge in [0.05, 0.1) is 0 Å². The van der Waals surface area contributed by atoms with Crippen molar-refractivity contribution in [2.45, 2.75) is 40.2 Å². The molecular weight excluding hydrogens is 134 g/mol. The topological polar surface area (TPSA) is 4.93 Å². The van der Waals surface area contributed by atoms with Gasteiger partial charge in [0.25, 0.3) is 0 Å². The van der Waals surface area contributed by atoms with Crippen LogP contribution in [0.15, 0.2) is 24.5 Å². The van der Waals surface area contributed by atoms with E-state index in [-0.39, 0.29) is 0 Å². The van der Waals surface area contributed by atoms with Gasteiger partial charge in [0.2, 0.25) is 0 Å². The fraction of sp³-hybridized carbons (Fsp3) is 0.600. The van der Waals surface area contributed by atoms with E-state index < -0.39 is 0 Å². The van der Waals surface area contributed by atoms with E-state index in [1.54, 1.807) is 0 Å². The molecule has 64 valence electrons. The van der Waals surface area contributed by atoms with Gasteiger partial charge in [-0.05, 0) is 18.6 Å². The molecule has 0 radical (unpaired) electrons. The summed E-state index contributed by atoms with van der Waals surface area (Å²) in [5.74, 6) is 0. The predicted octanol–water partition coefficient (Wildman–Crippen LogP) is 3.31. The molecule has 1 rings (SSSR count). The minimum atomic E-state index is 1.17. The Bertz CT molecular complexity index is 142. The summed E-state index contributed by atoms with van der Waals surface area (Å²) < 4.78 is 2.21. The first-order chi connectivity index (χ1) is 5.43. The second kappa shape index (κ2) is 7.39. The van der Waals surface area contributed by atoms with Gasteiger partial charge in [0.1, 0.15) is 0 Å². The number of hydrogen-bond acceptors (Lipinski definition) is 0.